The van der Waals surface area contributed by atoms with E-state index in [1.54, 1.807) is 28.4 Å². The number of aromatic nitrogens is 3. The summed E-state index contributed by atoms with van der Waals surface area (Å²) in [5, 5.41) is 9.74. The molecule has 0 amide bonds. The van der Waals surface area contributed by atoms with E-state index in [1.165, 1.54) is 4.88 Å². The van der Waals surface area contributed by atoms with E-state index in [2.05, 4.69) is 49.9 Å². The molecule has 0 bridgehead atoms. The van der Waals surface area contributed by atoms with Gasteiger partial charge in [-0.05, 0) is 41.6 Å². The highest BCUT2D eigenvalue weighted by molar-refractivity contribution is 14.0. The van der Waals surface area contributed by atoms with Crippen molar-refractivity contribution in [1.82, 2.24) is 25.0 Å². The predicted molar refractivity (Wildman–Crippen MR) is 118 cm³/mol. The van der Waals surface area contributed by atoms with Crippen LogP contribution >= 0.6 is 35.3 Å². The van der Waals surface area contributed by atoms with E-state index in [-0.39, 0.29) is 24.0 Å². The van der Waals surface area contributed by atoms with Gasteiger partial charge in [-0.1, -0.05) is 6.07 Å². The van der Waals surface area contributed by atoms with E-state index in [9.17, 15) is 0 Å². The average Bonchev–Trinajstić information content (AvgIpc) is 3.34. The number of aliphatic imine (C=N–C) groups is 1. The number of halogens is 1. The molecule has 1 N–H and O–H groups in total. The van der Waals surface area contributed by atoms with Crippen molar-refractivity contribution in [3.63, 3.8) is 0 Å². The van der Waals surface area contributed by atoms with E-state index < -0.39 is 0 Å². The third-order valence-corrected chi connectivity index (χ3v) is 4.78. The Labute approximate surface area is 175 Å². The number of guanidine groups is 1. The van der Waals surface area contributed by atoms with Crippen molar-refractivity contribution in [2.75, 3.05) is 20.6 Å². The average molecular weight is 482 g/mol. The smallest absolute Gasteiger partial charge is 0.193 e. The lowest BCUT2D eigenvalue weighted by molar-refractivity contribution is 0.486. The first-order valence-corrected chi connectivity index (χ1v) is 9.03. The molecule has 0 saturated heterocycles. The molecule has 0 fully saturated rings. The lowest BCUT2D eigenvalue weighted by Crippen LogP contribution is -2.39. The van der Waals surface area contributed by atoms with Gasteiger partial charge in [0.2, 0.25) is 0 Å². The van der Waals surface area contributed by atoms with Crippen LogP contribution in [0.1, 0.15) is 10.4 Å². The molecule has 0 saturated carbocycles. The molecule has 3 aromatic rings. The summed E-state index contributed by atoms with van der Waals surface area (Å²) in [6.07, 6.45) is 6.46. The number of thiophene rings is 1. The number of rotatable bonds is 6. The molecule has 0 unspecified atom stereocenters. The summed E-state index contributed by atoms with van der Waals surface area (Å²) in [5.74, 6) is 1.69. The summed E-state index contributed by atoms with van der Waals surface area (Å²) >= 11 is 1.79. The van der Waals surface area contributed by atoms with Gasteiger partial charge in [0, 0.05) is 50.7 Å². The standard InChI is InChI=1S/C18H22N6S.HI/c1-19-18(23(2)11-7-16-5-3-12-25-16)21-14-15-6-9-20-17(13-15)24-10-4-8-22-24;/h3-6,8-10,12-13H,7,11,14H2,1-2H3,(H,19,21);1H. The molecule has 0 aromatic carbocycles. The monoisotopic (exact) mass is 482 g/mol. The van der Waals surface area contributed by atoms with E-state index in [0.717, 1.165) is 30.3 Å². The maximum Gasteiger partial charge on any atom is 0.193 e. The number of hydrogen-bond acceptors (Lipinski definition) is 4. The topological polar surface area (TPSA) is 58.3 Å². The van der Waals surface area contributed by atoms with Crippen molar-refractivity contribution < 1.29 is 0 Å². The maximum atomic E-state index is 4.38. The Bertz CT molecular complexity index is 801. The molecule has 6 nitrogen and oxygen atoms in total. The molecule has 0 atom stereocenters. The van der Waals surface area contributed by atoms with Gasteiger partial charge in [0.05, 0.1) is 0 Å². The molecule has 8 heteroatoms. The Morgan fingerprint density at radius 1 is 1.31 bits per heavy atom. The summed E-state index contributed by atoms with van der Waals surface area (Å²) in [6, 6.07) is 10.2. The van der Waals surface area contributed by atoms with E-state index in [4.69, 9.17) is 0 Å². The molecule has 0 aliphatic heterocycles. The van der Waals surface area contributed by atoms with Gasteiger partial charge in [-0.2, -0.15) is 5.10 Å². The molecular formula is C18H23IN6S. The Kier molecular flexibility index (Phi) is 8.05. The van der Waals surface area contributed by atoms with Crippen molar-refractivity contribution in [3.05, 3.63) is 64.7 Å². The zero-order valence-corrected chi connectivity index (χ0v) is 18.0. The first kappa shape index (κ1) is 20.4. The van der Waals surface area contributed by atoms with E-state index in [0.29, 0.717) is 6.54 Å². The molecule has 26 heavy (non-hydrogen) atoms. The predicted octanol–water partition coefficient (Wildman–Crippen LogP) is 3.20. The minimum atomic E-state index is 0. The molecule has 3 rings (SSSR count). The van der Waals surface area contributed by atoms with Crippen LogP contribution in [-0.4, -0.2) is 46.3 Å². The van der Waals surface area contributed by atoms with Crippen molar-refractivity contribution in [2.45, 2.75) is 13.0 Å². The number of pyridine rings is 1. The van der Waals surface area contributed by atoms with Crippen molar-refractivity contribution in [2.24, 2.45) is 4.99 Å². The van der Waals surface area contributed by atoms with Gasteiger partial charge in [-0.3, -0.25) is 4.99 Å². The van der Waals surface area contributed by atoms with Gasteiger partial charge in [-0.15, -0.1) is 35.3 Å². The second-order valence-electron chi connectivity index (χ2n) is 5.62. The number of hydrogen-bond donors (Lipinski definition) is 1. The van der Waals surface area contributed by atoms with Crippen LogP contribution in [0.2, 0.25) is 0 Å². The highest BCUT2D eigenvalue weighted by Gasteiger charge is 2.07. The van der Waals surface area contributed by atoms with Crippen LogP contribution in [0, 0.1) is 0 Å². The van der Waals surface area contributed by atoms with Gasteiger partial charge in [0.1, 0.15) is 0 Å². The lowest BCUT2D eigenvalue weighted by Gasteiger charge is -2.22. The second-order valence-corrected chi connectivity index (χ2v) is 6.66. The highest BCUT2D eigenvalue weighted by atomic mass is 127. The van der Waals surface area contributed by atoms with Crippen LogP contribution in [0.3, 0.4) is 0 Å². The molecule has 3 aromatic heterocycles. The van der Waals surface area contributed by atoms with Gasteiger partial charge in [-0.25, -0.2) is 9.67 Å². The minimum absolute atomic E-state index is 0. The molecular weight excluding hydrogens is 459 g/mol. The fraction of sp³-hybridized carbons (Fsp3) is 0.278. The lowest BCUT2D eigenvalue weighted by atomic mass is 10.2. The summed E-state index contributed by atoms with van der Waals surface area (Å²) in [4.78, 5) is 12.3. The van der Waals surface area contributed by atoms with Crippen molar-refractivity contribution in [1.29, 1.82) is 0 Å². The first-order chi connectivity index (χ1) is 12.3. The summed E-state index contributed by atoms with van der Waals surface area (Å²) < 4.78 is 1.76. The SMILES string of the molecule is CN=C(NCc1ccnc(-n2cccn2)c1)N(C)CCc1cccs1.I. The van der Waals surface area contributed by atoms with Crippen LogP contribution in [0.25, 0.3) is 5.82 Å². The molecule has 0 aliphatic rings. The summed E-state index contributed by atoms with van der Waals surface area (Å²) in [5.41, 5.74) is 1.13. The van der Waals surface area contributed by atoms with Crippen molar-refractivity contribution >= 4 is 41.3 Å². The molecule has 0 radical (unpaired) electrons. The summed E-state index contributed by atoms with van der Waals surface area (Å²) in [6.45, 7) is 1.61. The largest absolute Gasteiger partial charge is 0.352 e. The number of nitrogens with zero attached hydrogens (tertiary/aromatic N) is 5. The Balaban J connectivity index is 0.00000243. The van der Waals surface area contributed by atoms with Crippen LogP contribution in [0.4, 0.5) is 0 Å². The zero-order chi connectivity index (χ0) is 17.5. The normalized spacial score (nSPS) is 11.1. The zero-order valence-electron chi connectivity index (χ0n) is 14.9. The molecule has 0 aliphatic carbocycles. The van der Waals surface area contributed by atoms with E-state index >= 15 is 0 Å². The van der Waals surface area contributed by atoms with Gasteiger partial charge in [0.15, 0.2) is 11.8 Å². The maximum absolute atomic E-state index is 4.38. The van der Waals surface area contributed by atoms with Gasteiger partial charge < -0.3 is 10.2 Å². The highest BCUT2D eigenvalue weighted by Crippen LogP contribution is 2.10. The molecule has 0 spiro atoms. The fourth-order valence-electron chi connectivity index (χ4n) is 2.50. The third kappa shape index (κ3) is 5.53. The van der Waals surface area contributed by atoms with Gasteiger partial charge >= 0.3 is 0 Å². The number of nitrogens with one attached hydrogen (secondary N) is 1. The third-order valence-electron chi connectivity index (χ3n) is 3.85. The minimum Gasteiger partial charge on any atom is -0.352 e. The first-order valence-electron chi connectivity index (χ1n) is 8.15. The van der Waals surface area contributed by atoms with Crippen LogP contribution in [0.15, 0.2) is 59.3 Å². The van der Waals surface area contributed by atoms with Crippen molar-refractivity contribution in [3.8, 4) is 5.82 Å². The molecule has 138 valence electrons. The van der Waals surface area contributed by atoms with Crippen LogP contribution in [-0.2, 0) is 13.0 Å². The quantitative estimate of drug-likeness (QED) is 0.333. The van der Waals surface area contributed by atoms with Crippen LogP contribution < -0.4 is 5.32 Å². The Morgan fingerprint density at radius 3 is 2.88 bits per heavy atom. The van der Waals surface area contributed by atoms with E-state index in [1.807, 2.05) is 31.4 Å². The fourth-order valence-corrected chi connectivity index (χ4v) is 3.20. The van der Waals surface area contributed by atoms with Gasteiger partial charge in [0.25, 0.3) is 0 Å². The summed E-state index contributed by atoms with van der Waals surface area (Å²) in [7, 11) is 3.87. The van der Waals surface area contributed by atoms with Crippen LogP contribution in [0.5, 0.6) is 0 Å². The Morgan fingerprint density at radius 2 is 2.19 bits per heavy atom. The number of likely N-dealkylation sites (N-methyl/N-ethyl adjacent to an activating group) is 1. The Hall–Kier alpha value is -1.94. The second kappa shape index (κ2) is 10.3. The molecule has 3 heterocycles.